The highest BCUT2D eigenvalue weighted by atomic mass is 32.2. The van der Waals surface area contributed by atoms with Crippen LogP contribution in [-0.2, 0) is 17.1 Å². The summed E-state index contributed by atoms with van der Waals surface area (Å²) in [5.41, 5.74) is 3.94. The van der Waals surface area contributed by atoms with E-state index in [4.69, 9.17) is 0 Å². The van der Waals surface area contributed by atoms with Crippen LogP contribution in [0.25, 0.3) is 22.4 Å². The second-order valence-electron chi connectivity index (χ2n) is 6.10. The van der Waals surface area contributed by atoms with Gasteiger partial charge in [-0.3, -0.25) is 4.68 Å². The molecule has 0 aliphatic carbocycles. The molecule has 142 valence electrons. The number of hydrogen-bond acceptors (Lipinski definition) is 4. The lowest BCUT2D eigenvalue weighted by Crippen LogP contribution is -2.26. The molecule has 1 aromatic heterocycles. The number of aryl methyl sites for hydroxylation is 1. The number of halogens is 1. The minimum absolute atomic E-state index is 0.0448. The third kappa shape index (κ3) is 4.72. The van der Waals surface area contributed by atoms with Crippen molar-refractivity contribution in [3.8, 4) is 22.4 Å². The topological polar surface area (TPSA) is 76.0 Å². The van der Waals surface area contributed by atoms with Crippen molar-refractivity contribution >= 4 is 15.7 Å². The molecule has 1 heterocycles. The molecule has 2 aromatic carbocycles. The fraction of sp³-hybridized carbons (Fsp3) is 0.211. The summed E-state index contributed by atoms with van der Waals surface area (Å²) in [5, 5.41) is 7.60. The van der Waals surface area contributed by atoms with E-state index in [1.54, 1.807) is 10.7 Å². The lowest BCUT2D eigenvalue weighted by molar-refractivity contribution is 0.588. The van der Waals surface area contributed by atoms with E-state index in [2.05, 4.69) is 15.1 Å². The first-order valence-electron chi connectivity index (χ1n) is 8.43. The zero-order valence-electron chi connectivity index (χ0n) is 15.1. The SMILES string of the molecule is CNS(=O)(=O)CCNc1ccc(-c2cccc(F)c2)cc1-c1ccn(C)n1. The first-order valence-corrected chi connectivity index (χ1v) is 10.1. The smallest absolute Gasteiger partial charge is 0.213 e. The van der Waals surface area contributed by atoms with E-state index in [1.807, 2.05) is 43.6 Å². The zero-order valence-corrected chi connectivity index (χ0v) is 15.9. The number of aromatic nitrogens is 2. The standard InChI is InChI=1S/C19H21FN4O2S/c1-21-27(25,26)11-9-22-18-7-6-15(14-4-3-5-16(20)12-14)13-17(18)19-8-10-24(2)23-19/h3-8,10,12-13,21-22H,9,11H2,1-2H3. The summed E-state index contributed by atoms with van der Waals surface area (Å²) in [7, 11) is -0.0756. The number of hydrogen-bond donors (Lipinski definition) is 2. The van der Waals surface area contributed by atoms with Crippen LogP contribution in [0.3, 0.4) is 0 Å². The summed E-state index contributed by atoms with van der Waals surface area (Å²) in [4.78, 5) is 0. The van der Waals surface area contributed by atoms with Crippen molar-refractivity contribution in [1.82, 2.24) is 14.5 Å². The predicted molar refractivity (Wildman–Crippen MR) is 105 cm³/mol. The number of sulfonamides is 1. The van der Waals surface area contributed by atoms with E-state index in [-0.39, 0.29) is 18.1 Å². The van der Waals surface area contributed by atoms with Crippen LogP contribution < -0.4 is 10.0 Å². The summed E-state index contributed by atoms with van der Waals surface area (Å²) < 4.78 is 40.8. The van der Waals surface area contributed by atoms with Crippen LogP contribution in [0.15, 0.2) is 54.7 Å². The average Bonchev–Trinajstić information content (AvgIpc) is 3.08. The lowest BCUT2D eigenvalue weighted by Gasteiger charge is -2.13. The average molecular weight is 388 g/mol. The highest BCUT2D eigenvalue weighted by molar-refractivity contribution is 7.89. The van der Waals surface area contributed by atoms with Crippen LogP contribution in [0, 0.1) is 5.82 Å². The molecular weight excluding hydrogens is 367 g/mol. The number of nitrogens with zero attached hydrogens (tertiary/aromatic N) is 2. The fourth-order valence-corrected chi connectivity index (χ4v) is 3.31. The molecule has 27 heavy (non-hydrogen) atoms. The number of anilines is 1. The van der Waals surface area contributed by atoms with E-state index in [0.29, 0.717) is 0 Å². The first-order chi connectivity index (χ1) is 12.9. The van der Waals surface area contributed by atoms with Gasteiger partial charge in [0, 0.05) is 31.0 Å². The third-order valence-corrected chi connectivity index (χ3v) is 5.53. The van der Waals surface area contributed by atoms with Gasteiger partial charge >= 0.3 is 0 Å². The maximum atomic E-state index is 13.6. The summed E-state index contributed by atoms with van der Waals surface area (Å²) >= 11 is 0. The van der Waals surface area contributed by atoms with Gasteiger partial charge in [-0.2, -0.15) is 5.10 Å². The Balaban J connectivity index is 1.95. The second-order valence-corrected chi connectivity index (χ2v) is 8.14. The third-order valence-electron chi connectivity index (χ3n) is 4.16. The van der Waals surface area contributed by atoms with Gasteiger partial charge in [-0.05, 0) is 48.5 Å². The molecule has 0 spiro atoms. The Hall–Kier alpha value is -2.71. The Morgan fingerprint density at radius 2 is 1.89 bits per heavy atom. The van der Waals surface area contributed by atoms with Gasteiger partial charge in [-0.25, -0.2) is 17.5 Å². The summed E-state index contributed by atoms with van der Waals surface area (Å²) in [6, 6.07) is 13.9. The van der Waals surface area contributed by atoms with Crippen molar-refractivity contribution in [3.05, 3.63) is 60.5 Å². The monoisotopic (exact) mass is 388 g/mol. The maximum Gasteiger partial charge on any atom is 0.213 e. The Kier molecular flexibility index (Phi) is 5.57. The molecule has 0 unspecified atom stereocenters. The number of rotatable bonds is 7. The van der Waals surface area contributed by atoms with Crippen LogP contribution in [0.5, 0.6) is 0 Å². The van der Waals surface area contributed by atoms with Gasteiger partial charge < -0.3 is 5.32 Å². The Morgan fingerprint density at radius 1 is 1.11 bits per heavy atom. The van der Waals surface area contributed by atoms with Gasteiger partial charge in [-0.1, -0.05) is 18.2 Å². The largest absolute Gasteiger partial charge is 0.383 e. The Bertz CT molecular complexity index is 1050. The molecule has 6 nitrogen and oxygen atoms in total. The molecule has 0 fully saturated rings. The summed E-state index contributed by atoms with van der Waals surface area (Å²) in [6.45, 7) is 0.252. The van der Waals surface area contributed by atoms with E-state index < -0.39 is 10.0 Å². The van der Waals surface area contributed by atoms with Gasteiger partial charge in [-0.15, -0.1) is 0 Å². The van der Waals surface area contributed by atoms with Crippen molar-refractivity contribution in [1.29, 1.82) is 0 Å². The highest BCUT2D eigenvalue weighted by Gasteiger charge is 2.12. The Labute approximate surface area is 158 Å². The molecule has 2 N–H and O–H groups in total. The van der Waals surface area contributed by atoms with Crippen LogP contribution in [-0.4, -0.2) is 37.5 Å². The van der Waals surface area contributed by atoms with Crippen LogP contribution in [0.2, 0.25) is 0 Å². The molecule has 0 radical (unpaired) electrons. The number of benzene rings is 2. The molecule has 0 aliphatic rings. The van der Waals surface area contributed by atoms with Gasteiger partial charge in [0.1, 0.15) is 5.82 Å². The molecule has 0 aliphatic heterocycles. The normalized spacial score (nSPS) is 11.5. The van der Waals surface area contributed by atoms with E-state index in [9.17, 15) is 12.8 Å². The van der Waals surface area contributed by atoms with Crippen molar-refractivity contribution < 1.29 is 12.8 Å². The maximum absolute atomic E-state index is 13.6. The van der Waals surface area contributed by atoms with Gasteiger partial charge in [0.2, 0.25) is 10.0 Å². The zero-order chi connectivity index (χ0) is 19.4. The molecule has 0 bridgehead atoms. The molecule has 0 amide bonds. The van der Waals surface area contributed by atoms with Crippen molar-refractivity contribution in [3.63, 3.8) is 0 Å². The van der Waals surface area contributed by atoms with Gasteiger partial charge in [0.05, 0.1) is 11.4 Å². The highest BCUT2D eigenvalue weighted by Crippen LogP contribution is 2.32. The predicted octanol–water partition coefficient (Wildman–Crippen LogP) is 2.85. The second kappa shape index (κ2) is 7.89. The molecular formula is C19H21FN4O2S. The van der Waals surface area contributed by atoms with Crippen molar-refractivity contribution in [2.45, 2.75) is 0 Å². The lowest BCUT2D eigenvalue weighted by atomic mass is 10.00. The van der Waals surface area contributed by atoms with Crippen LogP contribution >= 0.6 is 0 Å². The van der Waals surface area contributed by atoms with Gasteiger partial charge in [0.25, 0.3) is 0 Å². The molecule has 8 heteroatoms. The molecule has 0 atom stereocenters. The van der Waals surface area contributed by atoms with Crippen LogP contribution in [0.4, 0.5) is 10.1 Å². The number of nitrogens with one attached hydrogen (secondary N) is 2. The summed E-state index contributed by atoms with van der Waals surface area (Å²) in [6.07, 6.45) is 1.83. The first kappa shape index (κ1) is 19.1. The van der Waals surface area contributed by atoms with E-state index in [0.717, 1.165) is 28.1 Å². The van der Waals surface area contributed by atoms with Gasteiger partial charge in [0.15, 0.2) is 0 Å². The minimum Gasteiger partial charge on any atom is -0.383 e. The van der Waals surface area contributed by atoms with E-state index in [1.165, 1.54) is 19.2 Å². The molecule has 3 rings (SSSR count). The van der Waals surface area contributed by atoms with Crippen molar-refractivity contribution in [2.24, 2.45) is 7.05 Å². The summed E-state index contributed by atoms with van der Waals surface area (Å²) in [5.74, 6) is -0.345. The molecule has 0 saturated carbocycles. The Morgan fingerprint density at radius 3 is 2.56 bits per heavy atom. The quantitative estimate of drug-likeness (QED) is 0.653. The fourth-order valence-electron chi connectivity index (χ4n) is 2.74. The molecule has 3 aromatic rings. The molecule has 0 saturated heterocycles. The van der Waals surface area contributed by atoms with Crippen molar-refractivity contribution in [2.75, 3.05) is 24.7 Å². The minimum atomic E-state index is -3.29. The van der Waals surface area contributed by atoms with Crippen LogP contribution in [0.1, 0.15) is 0 Å². The van der Waals surface area contributed by atoms with E-state index >= 15 is 0 Å².